The van der Waals surface area contributed by atoms with Crippen molar-refractivity contribution in [1.82, 2.24) is 0 Å². The SMILES string of the molecule is BC1(C)CCCCC1C. The Balaban J connectivity index is 2.49. The first-order valence-corrected chi connectivity index (χ1v) is 4.13. The predicted molar refractivity (Wildman–Crippen MR) is 44.5 cm³/mol. The van der Waals surface area contributed by atoms with Gasteiger partial charge in [-0.15, -0.1) is 0 Å². The molecule has 52 valence electrons. The van der Waals surface area contributed by atoms with E-state index in [9.17, 15) is 0 Å². The van der Waals surface area contributed by atoms with E-state index in [-0.39, 0.29) is 0 Å². The van der Waals surface area contributed by atoms with Crippen molar-refractivity contribution < 1.29 is 0 Å². The number of rotatable bonds is 0. The third kappa shape index (κ3) is 1.50. The molecule has 2 atom stereocenters. The molecule has 0 saturated heterocycles. The molecule has 0 aromatic carbocycles. The smallest absolute Gasteiger partial charge is 0.0667 e. The molecule has 0 aromatic rings. The first kappa shape index (κ1) is 7.18. The minimum atomic E-state index is 0.637. The lowest BCUT2D eigenvalue weighted by atomic mass is 9.56. The topological polar surface area (TPSA) is 0 Å². The van der Waals surface area contributed by atoms with Crippen LogP contribution in [0.25, 0.3) is 0 Å². The highest BCUT2D eigenvalue weighted by atomic mass is 14.3. The fraction of sp³-hybridized carbons (Fsp3) is 1.00. The molecule has 0 nitrogen and oxygen atoms in total. The second kappa shape index (κ2) is 2.36. The van der Waals surface area contributed by atoms with Crippen molar-refractivity contribution in [2.45, 2.75) is 44.8 Å². The van der Waals surface area contributed by atoms with E-state index in [1.807, 2.05) is 0 Å². The summed E-state index contributed by atoms with van der Waals surface area (Å²) in [6.07, 6.45) is 5.81. The van der Waals surface area contributed by atoms with E-state index in [0.717, 1.165) is 5.92 Å². The Morgan fingerprint density at radius 2 is 2.11 bits per heavy atom. The van der Waals surface area contributed by atoms with Crippen LogP contribution in [0.4, 0.5) is 0 Å². The normalized spacial score (nSPS) is 44.9. The Morgan fingerprint density at radius 1 is 1.44 bits per heavy atom. The molecule has 2 unspecified atom stereocenters. The predicted octanol–water partition coefficient (Wildman–Crippen LogP) is 2.01. The van der Waals surface area contributed by atoms with Gasteiger partial charge in [0.2, 0.25) is 0 Å². The van der Waals surface area contributed by atoms with Gasteiger partial charge in [0.15, 0.2) is 0 Å². The number of hydrogen-bond acceptors (Lipinski definition) is 0. The highest BCUT2D eigenvalue weighted by Crippen LogP contribution is 2.43. The lowest BCUT2D eigenvalue weighted by Crippen LogP contribution is -2.22. The standard InChI is InChI=1S/C8H17B/c1-7-5-3-4-6-8(7,2)9/h7H,3-6,9H2,1-2H3. The fourth-order valence-electron chi connectivity index (χ4n) is 1.67. The van der Waals surface area contributed by atoms with Crippen molar-refractivity contribution in [3.05, 3.63) is 0 Å². The largest absolute Gasteiger partial charge is 0.109 e. The molecule has 0 aromatic heterocycles. The van der Waals surface area contributed by atoms with E-state index in [1.165, 1.54) is 25.7 Å². The van der Waals surface area contributed by atoms with Crippen LogP contribution < -0.4 is 0 Å². The Bertz CT molecular complexity index is 96.7. The van der Waals surface area contributed by atoms with Gasteiger partial charge in [0.1, 0.15) is 7.85 Å². The van der Waals surface area contributed by atoms with Crippen LogP contribution in [0.1, 0.15) is 39.5 Å². The van der Waals surface area contributed by atoms with Gasteiger partial charge in [-0.2, -0.15) is 0 Å². The van der Waals surface area contributed by atoms with Crippen LogP contribution >= 0.6 is 0 Å². The molecule has 1 saturated carbocycles. The monoisotopic (exact) mass is 124 g/mol. The molecule has 0 spiro atoms. The average molecular weight is 124 g/mol. The van der Waals surface area contributed by atoms with Crippen molar-refractivity contribution >= 4 is 7.85 Å². The van der Waals surface area contributed by atoms with Crippen LogP contribution in [0, 0.1) is 5.92 Å². The van der Waals surface area contributed by atoms with Crippen molar-refractivity contribution in [3.8, 4) is 0 Å². The van der Waals surface area contributed by atoms with Gasteiger partial charge in [-0.3, -0.25) is 0 Å². The zero-order valence-corrected chi connectivity index (χ0v) is 6.91. The maximum atomic E-state index is 2.40. The Labute approximate surface area is 59.4 Å². The molecule has 1 aliphatic carbocycles. The molecule has 0 heterocycles. The molecule has 0 radical (unpaired) electrons. The third-order valence-corrected chi connectivity index (χ3v) is 3.04. The van der Waals surface area contributed by atoms with E-state index in [2.05, 4.69) is 21.7 Å². The molecule has 9 heavy (non-hydrogen) atoms. The minimum absolute atomic E-state index is 0.637. The van der Waals surface area contributed by atoms with E-state index in [1.54, 1.807) is 0 Å². The first-order valence-electron chi connectivity index (χ1n) is 4.13. The molecule has 1 heteroatoms. The fourth-order valence-corrected chi connectivity index (χ4v) is 1.67. The maximum absolute atomic E-state index is 2.40. The average Bonchev–Trinajstić information content (AvgIpc) is 1.77. The van der Waals surface area contributed by atoms with Crippen LogP contribution in [0.5, 0.6) is 0 Å². The first-order chi connectivity index (χ1) is 4.13. The van der Waals surface area contributed by atoms with E-state index < -0.39 is 0 Å². The van der Waals surface area contributed by atoms with E-state index in [4.69, 9.17) is 0 Å². The number of hydrogen-bond donors (Lipinski definition) is 0. The third-order valence-electron chi connectivity index (χ3n) is 3.04. The van der Waals surface area contributed by atoms with Gasteiger partial charge < -0.3 is 0 Å². The molecular weight excluding hydrogens is 107 g/mol. The zero-order chi connectivity index (χ0) is 6.91. The molecule has 0 bridgehead atoms. The second-order valence-corrected chi connectivity index (χ2v) is 4.14. The summed E-state index contributed by atoms with van der Waals surface area (Å²) in [6, 6.07) is 0. The Kier molecular flexibility index (Phi) is 1.88. The molecule has 1 aliphatic rings. The summed E-state index contributed by atoms with van der Waals surface area (Å²) in [7, 11) is 2.40. The summed E-state index contributed by atoms with van der Waals surface area (Å²) in [5, 5.41) is 0.637. The lowest BCUT2D eigenvalue weighted by molar-refractivity contribution is 0.295. The van der Waals surface area contributed by atoms with Crippen molar-refractivity contribution in [2.75, 3.05) is 0 Å². The lowest BCUT2D eigenvalue weighted by Gasteiger charge is -2.36. The maximum Gasteiger partial charge on any atom is 0.109 e. The van der Waals surface area contributed by atoms with Gasteiger partial charge in [0.05, 0.1) is 0 Å². The van der Waals surface area contributed by atoms with Gasteiger partial charge in [-0.25, -0.2) is 0 Å². The summed E-state index contributed by atoms with van der Waals surface area (Å²) >= 11 is 0. The molecule has 0 amide bonds. The van der Waals surface area contributed by atoms with Crippen LogP contribution in [-0.2, 0) is 0 Å². The summed E-state index contributed by atoms with van der Waals surface area (Å²) in [6.45, 7) is 4.79. The van der Waals surface area contributed by atoms with Crippen LogP contribution in [-0.4, -0.2) is 7.85 Å². The van der Waals surface area contributed by atoms with Crippen LogP contribution in [0.3, 0.4) is 0 Å². The molecule has 1 fully saturated rings. The summed E-state index contributed by atoms with van der Waals surface area (Å²) in [5.74, 6) is 0.950. The summed E-state index contributed by atoms with van der Waals surface area (Å²) < 4.78 is 0. The van der Waals surface area contributed by atoms with Gasteiger partial charge in [0.25, 0.3) is 0 Å². The second-order valence-electron chi connectivity index (χ2n) is 4.14. The highest BCUT2D eigenvalue weighted by Gasteiger charge is 2.27. The van der Waals surface area contributed by atoms with Gasteiger partial charge in [-0.1, -0.05) is 44.8 Å². The Hall–Kier alpha value is 0.0649. The zero-order valence-electron chi connectivity index (χ0n) is 6.91. The van der Waals surface area contributed by atoms with E-state index >= 15 is 0 Å². The molecule has 0 N–H and O–H groups in total. The van der Waals surface area contributed by atoms with Gasteiger partial charge >= 0.3 is 0 Å². The molecule has 0 aliphatic heterocycles. The van der Waals surface area contributed by atoms with Crippen LogP contribution in [0.2, 0.25) is 5.31 Å². The molecular formula is C8H17B. The van der Waals surface area contributed by atoms with Crippen molar-refractivity contribution in [2.24, 2.45) is 5.92 Å². The quantitative estimate of drug-likeness (QED) is 0.433. The van der Waals surface area contributed by atoms with Gasteiger partial charge in [-0.05, 0) is 5.92 Å². The van der Waals surface area contributed by atoms with Crippen molar-refractivity contribution in [1.29, 1.82) is 0 Å². The van der Waals surface area contributed by atoms with Crippen molar-refractivity contribution in [3.63, 3.8) is 0 Å². The molecule has 1 rings (SSSR count). The van der Waals surface area contributed by atoms with E-state index in [0.29, 0.717) is 5.31 Å². The minimum Gasteiger partial charge on any atom is -0.0667 e. The van der Waals surface area contributed by atoms with Crippen LogP contribution in [0.15, 0.2) is 0 Å². The summed E-state index contributed by atoms with van der Waals surface area (Å²) in [5.41, 5.74) is 0. The summed E-state index contributed by atoms with van der Waals surface area (Å²) in [4.78, 5) is 0. The highest BCUT2D eigenvalue weighted by molar-refractivity contribution is 6.15. The Morgan fingerprint density at radius 3 is 2.44 bits per heavy atom. The van der Waals surface area contributed by atoms with Gasteiger partial charge in [0, 0.05) is 0 Å².